The van der Waals surface area contributed by atoms with Gasteiger partial charge in [-0.2, -0.15) is 0 Å². The maximum absolute atomic E-state index is 12.2. The summed E-state index contributed by atoms with van der Waals surface area (Å²) in [6.07, 6.45) is 0.463. The number of hydrogen-bond donors (Lipinski definition) is 2. The Morgan fingerprint density at radius 1 is 1.20 bits per heavy atom. The van der Waals surface area contributed by atoms with Crippen molar-refractivity contribution in [3.8, 4) is 0 Å². The van der Waals surface area contributed by atoms with E-state index in [2.05, 4.69) is 5.32 Å². The van der Waals surface area contributed by atoms with Crippen LogP contribution in [0.5, 0.6) is 0 Å². The van der Waals surface area contributed by atoms with E-state index >= 15 is 0 Å². The lowest BCUT2D eigenvalue weighted by molar-refractivity contribution is -0.148. The Bertz CT molecular complexity index is 541. The summed E-state index contributed by atoms with van der Waals surface area (Å²) in [5.74, 6) is -1.55. The summed E-state index contributed by atoms with van der Waals surface area (Å²) in [5, 5.41) is 12.5. The number of amides is 1. The van der Waals surface area contributed by atoms with E-state index in [1.807, 2.05) is 0 Å². The van der Waals surface area contributed by atoms with E-state index in [1.165, 1.54) is 18.2 Å². The van der Waals surface area contributed by atoms with E-state index in [0.29, 0.717) is 18.2 Å². The molecule has 0 radical (unpaired) electrons. The Hall–Kier alpha value is -1.30. The third-order valence-electron chi connectivity index (χ3n) is 3.29. The number of carboxylic acid groups (broad SMARTS) is 1. The van der Waals surface area contributed by atoms with Crippen LogP contribution >= 0.6 is 23.2 Å². The standard InChI is InChI=1S/C13H13Cl2NO4/c14-9-2-1-8(7-10(9)15)11(17)16-13(12(18)19)3-5-20-6-4-13/h1-2,7H,3-6H2,(H,16,17)(H,18,19). The van der Waals surface area contributed by atoms with E-state index in [-0.39, 0.29) is 23.4 Å². The van der Waals surface area contributed by atoms with Gasteiger partial charge in [-0.15, -0.1) is 0 Å². The Morgan fingerprint density at radius 2 is 1.85 bits per heavy atom. The van der Waals surface area contributed by atoms with Crippen molar-refractivity contribution < 1.29 is 19.4 Å². The van der Waals surface area contributed by atoms with Gasteiger partial charge in [0.25, 0.3) is 5.91 Å². The van der Waals surface area contributed by atoms with Gasteiger partial charge in [-0.1, -0.05) is 23.2 Å². The lowest BCUT2D eigenvalue weighted by Crippen LogP contribution is -2.57. The summed E-state index contributed by atoms with van der Waals surface area (Å²) >= 11 is 11.6. The third-order valence-corrected chi connectivity index (χ3v) is 4.03. The van der Waals surface area contributed by atoms with Gasteiger partial charge in [0.05, 0.1) is 10.0 Å². The van der Waals surface area contributed by atoms with Crippen molar-refractivity contribution >= 4 is 35.1 Å². The minimum atomic E-state index is -1.29. The van der Waals surface area contributed by atoms with Gasteiger partial charge in [-0.05, 0) is 18.2 Å². The second-order valence-electron chi connectivity index (χ2n) is 4.58. The quantitative estimate of drug-likeness (QED) is 0.897. The van der Waals surface area contributed by atoms with Gasteiger partial charge in [0.1, 0.15) is 5.54 Å². The van der Waals surface area contributed by atoms with Crippen LogP contribution in [-0.2, 0) is 9.53 Å². The molecule has 1 aliphatic rings. The summed E-state index contributed by atoms with van der Waals surface area (Å²) in [5.41, 5.74) is -1.02. The van der Waals surface area contributed by atoms with Gasteiger partial charge in [0, 0.05) is 31.6 Å². The summed E-state index contributed by atoms with van der Waals surface area (Å²) in [4.78, 5) is 23.6. The van der Waals surface area contributed by atoms with Gasteiger partial charge in [0.15, 0.2) is 0 Å². The van der Waals surface area contributed by atoms with Crippen LogP contribution in [0.1, 0.15) is 23.2 Å². The fourth-order valence-corrected chi connectivity index (χ4v) is 2.34. The molecule has 0 aliphatic carbocycles. The number of carbonyl (C=O) groups is 2. The number of carboxylic acids is 1. The minimum absolute atomic E-state index is 0.232. The van der Waals surface area contributed by atoms with E-state index < -0.39 is 17.4 Å². The second-order valence-corrected chi connectivity index (χ2v) is 5.40. The molecule has 1 aliphatic heterocycles. The number of ether oxygens (including phenoxy) is 1. The first-order valence-electron chi connectivity index (χ1n) is 6.03. The third kappa shape index (κ3) is 3.06. The molecule has 108 valence electrons. The molecule has 1 saturated heterocycles. The van der Waals surface area contributed by atoms with Gasteiger partial charge >= 0.3 is 5.97 Å². The first kappa shape index (κ1) is 15.1. The highest BCUT2D eigenvalue weighted by molar-refractivity contribution is 6.42. The molecule has 0 bridgehead atoms. The predicted molar refractivity (Wildman–Crippen MR) is 74.3 cm³/mol. The average molecular weight is 318 g/mol. The summed E-state index contributed by atoms with van der Waals surface area (Å²) in [6, 6.07) is 4.41. The van der Waals surface area contributed by atoms with Crippen LogP contribution in [0, 0.1) is 0 Å². The molecule has 0 unspecified atom stereocenters. The van der Waals surface area contributed by atoms with E-state index in [1.54, 1.807) is 0 Å². The average Bonchev–Trinajstić information content (AvgIpc) is 2.42. The number of halogens is 2. The smallest absolute Gasteiger partial charge is 0.329 e. The van der Waals surface area contributed by atoms with Crippen LogP contribution in [0.15, 0.2) is 18.2 Å². The second kappa shape index (κ2) is 5.99. The van der Waals surface area contributed by atoms with E-state index in [9.17, 15) is 14.7 Å². The molecule has 7 heteroatoms. The van der Waals surface area contributed by atoms with Crippen molar-refractivity contribution in [3.05, 3.63) is 33.8 Å². The number of carbonyl (C=O) groups excluding carboxylic acids is 1. The van der Waals surface area contributed by atoms with Gasteiger partial charge in [-0.25, -0.2) is 4.79 Å². The van der Waals surface area contributed by atoms with Crippen molar-refractivity contribution in [1.29, 1.82) is 0 Å². The van der Waals surface area contributed by atoms with E-state index in [0.717, 1.165) is 0 Å². The van der Waals surface area contributed by atoms with Crippen molar-refractivity contribution in [2.75, 3.05) is 13.2 Å². The molecule has 1 aromatic carbocycles. The highest BCUT2D eigenvalue weighted by Crippen LogP contribution is 2.25. The van der Waals surface area contributed by atoms with Gasteiger partial charge in [-0.3, -0.25) is 4.79 Å². The fourth-order valence-electron chi connectivity index (χ4n) is 2.04. The topological polar surface area (TPSA) is 75.6 Å². The lowest BCUT2D eigenvalue weighted by Gasteiger charge is -2.33. The molecule has 2 N–H and O–H groups in total. The SMILES string of the molecule is O=C(NC1(C(=O)O)CCOCC1)c1ccc(Cl)c(Cl)c1. The minimum Gasteiger partial charge on any atom is -0.480 e. The number of aliphatic carboxylic acids is 1. The Labute approximate surface area is 125 Å². The molecule has 0 saturated carbocycles. The van der Waals surface area contributed by atoms with Crippen molar-refractivity contribution in [2.24, 2.45) is 0 Å². The molecular formula is C13H13Cl2NO4. The molecule has 1 fully saturated rings. The van der Waals surface area contributed by atoms with Crippen molar-refractivity contribution in [1.82, 2.24) is 5.32 Å². The zero-order valence-corrected chi connectivity index (χ0v) is 12.0. The molecule has 0 atom stereocenters. The maximum atomic E-state index is 12.2. The molecule has 0 spiro atoms. The first-order valence-corrected chi connectivity index (χ1v) is 6.79. The molecule has 1 aromatic rings. The Kier molecular flexibility index (Phi) is 4.52. The summed E-state index contributed by atoms with van der Waals surface area (Å²) < 4.78 is 5.14. The zero-order chi connectivity index (χ0) is 14.8. The van der Waals surface area contributed by atoms with Crippen LogP contribution in [0.2, 0.25) is 10.0 Å². The lowest BCUT2D eigenvalue weighted by atomic mass is 9.89. The summed E-state index contributed by atoms with van der Waals surface area (Å²) in [7, 11) is 0. The summed E-state index contributed by atoms with van der Waals surface area (Å²) in [6.45, 7) is 0.599. The molecule has 20 heavy (non-hydrogen) atoms. The monoisotopic (exact) mass is 317 g/mol. The largest absolute Gasteiger partial charge is 0.480 e. The van der Waals surface area contributed by atoms with E-state index in [4.69, 9.17) is 27.9 Å². The van der Waals surface area contributed by atoms with Crippen LogP contribution in [0.3, 0.4) is 0 Å². The van der Waals surface area contributed by atoms with Gasteiger partial charge < -0.3 is 15.2 Å². The molecular weight excluding hydrogens is 305 g/mol. The zero-order valence-electron chi connectivity index (χ0n) is 10.5. The first-order chi connectivity index (χ1) is 9.44. The molecule has 0 aromatic heterocycles. The number of hydrogen-bond acceptors (Lipinski definition) is 3. The number of nitrogens with one attached hydrogen (secondary N) is 1. The Morgan fingerprint density at radius 3 is 2.40 bits per heavy atom. The van der Waals surface area contributed by atoms with Gasteiger partial charge in [0.2, 0.25) is 0 Å². The highest BCUT2D eigenvalue weighted by atomic mass is 35.5. The predicted octanol–water partition coefficient (Wildman–Crippen LogP) is 2.36. The Balaban J connectivity index is 2.20. The molecule has 1 heterocycles. The van der Waals surface area contributed by atoms with Crippen LogP contribution in [-0.4, -0.2) is 35.7 Å². The fraction of sp³-hybridized carbons (Fsp3) is 0.385. The highest BCUT2D eigenvalue weighted by Gasteiger charge is 2.41. The van der Waals surface area contributed by atoms with Crippen LogP contribution in [0.4, 0.5) is 0 Å². The van der Waals surface area contributed by atoms with Crippen LogP contribution < -0.4 is 5.32 Å². The number of rotatable bonds is 3. The maximum Gasteiger partial charge on any atom is 0.329 e. The molecule has 5 nitrogen and oxygen atoms in total. The molecule has 2 rings (SSSR count). The normalized spacial score (nSPS) is 17.5. The van der Waals surface area contributed by atoms with Crippen molar-refractivity contribution in [3.63, 3.8) is 0 Å². The molecule has 1 amide bonds. The van der Waals surface area contributed by atoms with Crippen LogP contribution in [0.25, 0.3) is 0 Å². The van der Waals surface area contributed by atoms with Crippen molar-refractivity contribution in [2.45, 2.75) is 18.4 Å². The number of benzene rings is 1.